The molecule has 9 heteroatoms. The van der Waals surface area contributed by atoms with Crippen LogP contribution in [0.3, 0.4) is 0 Å². The fourth-order valence-corrected chi connectivity index (χ4v) is 9.77. The number of carbonyl (C=O) groups is 1. The predicted molar refractivity (Wildman–Crippen MR) is 302 cm³/mol. The molecule has 2 N–H and O–H groups in total. The molecule has 0 heterocycles. The number of likely N-dealkylation sites (N-methyl/N-ethyl adjacent to an activating group) is 1. The number of unbranched alkanes of at least 4 members (excludes halogenated alkanes) is 39. The number of allylic oxidation sites excluding steroid dienone is 5. The zero-order valence-corrected chi connectivity index (χ0v) is 48.1. The van der Waals surface area contributed by atoms with E-state index < -0.39 is 26.6 Å². The minimum absolute atomic E-state index is 0.00534. The number of nitrogens with zero attached hydrogens (tertiary/aromatic N) is 1. The molecule has 414 valence electrons. The Hall–Kier alpha value is -1.28. The zero-order chi connectivity index (χ0) is 51.3. The highest BCUT2D eigenvalue weighted by Gasteiger charge is 2.23. The van der Waals surface area contributed by atoms with Crippen LogP contribution in [0.1, 0.15) is 296 Å². The van der Waals surface area contributed by atoms with Crippen molar-refractivity contribution in [3.05, 3.63) is 36.5 Å². The van der Waals surface area contributed by atoms with Gasteiger partial charge in [-0.25, -0.2) is 0 Å². The number of rotatable bonds is 56. The van der Waals surface area contributed by atoms with Gasteiger partial charge in [0.2, 0.25) is 5.91 Å². The molecule has 0 aliphatic heterocycles. The van der Waals surface area contributed by atoms with Crippen LogP contribution in [0.25, 0.3) is 0 Å². The zero-order valence-electron chi connectivity index (χ0n) is 47.2. The third-order valence-corrected chi connectivity index (χ3v) is 14.8. The van der Waals surface area contributed by atoms with E-state index in [0.717, 1.165) is 38.5 Å². The van der Waals surface area contributed by atoms with E-state index in [1.54, 1.807) is 6.08 Å². The molecule has 0 aliphatic carbocycles. The van der Waals surface area contributed by atoms with Crippen LogP contribution in [0.5, 0.6) is 0 Å². The molecule has 3 atom stereocenters. The number of hydrogen-bond acceptors (Lipinski definition) is 6. The SMILES string of the molecule is CCCCCCCCCCCCCC/C=C\CCCCCCCCCCCCCCCC(=O)NC(COP(=O)([O-])OCC[N+](C)(C)C)C(O)/C=C/CC/C=C/CCCCCCCCCCCCCCC. The summed E-state index contributed by atoms with van der Waals surface area (Å²) < 4.78 is 23.3. The normalized spacial score (nSPS) is 14.1. The van der Waals surface area contributed by atoms with E-state index >= 15 is 0 Å². The van der Waals surface area contributed by atoms with Crippen LogP contribution in [0.4, 0.5) is 0 Å². The first kappa shape index (κ1) is 68.7. The van der Waals surface area contributed by atoms with E-state index in [9.17, 15) is 19.4 Å². The van der Waals surface area contributed by atoms with Crippen molar-refractivity contribution >= 4 is 13.7 Å². The lowest BCUT2D eigenvalue weighted by molar-refractivity contribution is -0.870. The summed E-state index contributed by atoms with van der Waals surface area (Å²) >= 11 is 0. The van der Waals surface area contributed by atoms with Gasteiger partial charge in [0.15, 0.2) is 0 Å². The summed E-state index contributed by atoms with van der Waals surface area (Å²) in [7, 11) is 1.25. The highest BCUT2D eigenvalue weighted by atomic mass is 31.2. The summed E-state index contributed by atoms with van der Waals surface area (Å²) in [4.78, 5) is 25.5. The molecule has 0 fully saturated rings. The lowest BCUT2D eigenvalue weighted by Gasteiger charge is -2.29. The Bertz CT molecular complexity index is 1230. The molecule has 8 nitrogen and oxygen atoms in total. The van der Waals surface area contributed by atoms with Gasteiger partial charge in [0.1, 0.15) is 13.2 Å². The van der Waals surface area contributed by atoms with Crippen molar-refractivity contribution < 1.29 is 32.9 Å². The number of phosphoric acid groups is 1. The number of aliphatic hydroxyl groups is 1. The molecule has 0 aromatic carbocycles. The summed E-state index contributed by atoms with van der Waals surface area (Å²) in [5.74, 6) is -0.203. The molecule has 0 saturated heterocycles. The maximum atomic E-state index is 13.0. The van der Waals surface area contributed by atoms with Crippen LogP contribution in [0.15, 0.2) is 36.5 Å². The van der Waals surface area contributed by atoms with Crippen molar-refractivity contribution in [1.29, 1.82) is 0 Å². The number of amides is 1. The van der Waals surface area contributed by atoms with Gasteiger partial charge in [0.25, 0.3) is 7.82 Å². The van der Waals surface area contributed by atoms with Crippen LogP contribution < -0.4 is 10.2 Å². The van der Waals surface area contributed by atoms with Crippen LogP contribution in [0.2, 0.25) is 0 Å². The van der Waals surface area contributed by atoms with E-state index in [-0.39, 0.29) is 12.5 Å². The quantitative estimate of drug-likeness (QED) is 0.0272. The first-order chi connectivity index (χ1) is 34.0. The molecule has 0 spiro atoms. The van der Waals surface area contributed by atoms with Gasteiger partial charge in [0.05, 0.1) is 39.9 Å². The number of phosphoric ester groups is 1. The molecule has 0 bridgehead atoms. The van der Waals surface area contributed by atoms with E-state index in [1.165, 1.54) is 238 Å². The third kappa shape index (κ3) is 54.5. The van der Waals surface area contributed by atoms with Gasteiger partial charge in [-0.15, -0.1) is 0 Å². The molecular formula is C61H119N2O6P. The smallest absolute Gasteiger partial charge is 0.268 e. The second-order valence-corrected chi connectivity index (χ2v) is 23.5. The minimum Gasteiger partial charge on any atom is -0.756 e. The second kappa shape index (κ2) is 52.6. The van der Waals surface area contributed by atoms with Crippen LogP contribution in [-0.4, -0.2) is 68.5 Å². The van der Waals surface area contributed by atoms with Gasteiger partial charge in [-0.05, 0) is 57.8 Å². The van der Waals surface area contributed by atoms with Gasteiger partial charge >= 0.3 is 0 Å². The van der Waals surface area contributed by atoms with Crippen LogP contribution >= 0.6 is 7.82 Å². The fraction of sp³-hybridized carbons (Fsp3) is 0.885. The Morgan fingerprint density at radius 3 is 1.16 bits per heavy atom. The number of aliphatic hydroxyl groups excluding tert-OH is 1. The largest absolute Gasteiger partial charge is 0.756 e. The predicted octanol–water partition coefficient (Wildman–Crippen LogP) is 17.9. The van der Waals surface area contributed by atoms with Crippen molar-refractivity contribution in [3.8, 4) is 0 Å². The third-order valence-electron chi connectivity index (χ3n) is 13.8. The molecule has 1 amide bonds. The van der Waals surface area contributed by atoms with Crippen LogP contribution in [-0.2, 0) is 18.4 Å². The minimum atomic E-state index is -4.60. The van der Waals surface area contributed by atoms with E-state index in [2.05, 4.69) is 43.5 Å². The summed E-state index contributed by atoms with van der Waals surface area (Å²) in [6, 6.07) is -0.903. The standard InChI is InChI=1S/C61H119N2O6P/c1-6-8-10-12-14-16-18-20-22-24-26-27-28-29-30-31-32-33-34-35-37-39-41-43-45-47-49-51-53-55-61(65)62-59(58-69-70(66,67)68-57-56-63(3,4)5)60(64)54-52-50-48-46-44-42-40-38-36-25-23-21-19-17-15-13-11-9-7-2/h29-30,44,46,52,54,59-60,64H,6-28,31-43,45,47-51,53,55-58H2,1-5H3,(H-,62,65,66,67)/b30-29-,46-44+,54-52+. The molecule has 70 heavy (non-hydrogen) atoms. The maximum absolute atomic E-state index is 13.0. The van der Waals surface area contributed by atoms with Crippen molar-refractivity contribution in [2.45, 2.75) is 309 Å². The average molecular weight is 1010 g/mol. The van der Waals surface area contributed by atoms with E-state index in [0.29, 0.717) is 17.4 Å². The van der Waals surface area contributed by atoms with Gasteiger partial charge in [-0.3, -0.25) is 9.36 Å². The van der Waals surface area contributed by atoms with E-state index in [1.807, 2.05) is 27.2 Å². The Balaban J connectivity index is 4.15. The summed E-state index contributed by atoms with van der Waals surface area (Å²) in [5, 5.41) is 13.9. The topological polar surface area (TPSA) is 108 Å². The number of nitrogens with one attached hydrogen (secondary N) is 1. The highest BCUT2D eigenvalue weighted by molar-refractivity contribution is 7.45. The van der Waals surface area contributed by atoms with Gasteiger partial charge in [0, 0.05) is 6.42 Å². The second-order valence-electron chi connectivity index (χ2n) is 22.0. The van der Waals surface area contributed by atoms with Crippen molar-refractivity contribution in [1.82, 2.24) is 5.32 Å². The van der Waals surface area contributed by atoms with Crippen molar-refractivity contribution in [2.75, 3.05) is 40.9 Å². The molecule has 0 aromatic heterocycles. The van der Waals surface area contributed by atoms with Crippen molar-refractivity contribution in [2.24, 2.45) is 0 Å². The van der Waals surface area contributed by atoms with Gasteiger partial charge in [-0.1, -0.05) is 269 Å². The lowest BCUT2D eigenvalue weighted by atomic mass is 10.0. The monoisotopic (exact) mass is 1010 g/mol. The number of quaternary nitrogens is 1. The van der Waals surface area contributed by atoms with Gasteiger partial charge in [-0.2, -0.15) is 0 Å². The first-order valence-corrected chi connectivity index (χ1v) is 31.8. The summed E-state index contributed by atoms with van der Waals surface area (Å²) in [6.07, 6.45) is 68.1. The Morgan fingerprint density at radius 2 is 0.800 bits per heavy atom. The molecule has 0 radical (unpaired) electrons. The molecule has 0 saturated carbocycles. The Kier molecular flexibility index (Phi) is 51.6. The lowest BCUT2D eigenvalue weighted by Crippen LogP contribution is -2.45. The summed E-state index contributed by atoms with van der Waals surface area (Å²) in [6.45, 7) is 4.67. The number of hydrogen-bond donors (Lipinski definition) is 2. The van der Waals surface area contributed by atoms with E-state index in [4.69, 9.17) is 9.05 Å². The van der Waals surface area contributed by atoms with Gasteiger partial charge < -0.3 is 28.8 Å². The van der Waals surface area contributed by atoms with Crippen LogP contribution in [0, 0.1) is 0 Å². The van der Waals surface area contributed by atoms with Crippen molar-refractivity contribution in [3.63, 3.8) is 0 Å². The molecule has 0 aromatic rings. The Labute approximate surface area is 436 Å². The maximum Gasteiger partial charge on any atom is 0.268 e. The number of carbonyl (C=O) groups excluding carboxylic acids is 1. The average Bonchev–Trinajstić information content (AvgIpc) is 3.32. The summed E-state index contributed by atoms with van der Waals surface area (Å²) in [5.41, 5.74) is 0. The fourth-order valence-electron chi connectivity index (χ4n) is 9.05. The molecule has 3 unspecified atom stereocenters. The first-order valence-electron chi connectivity index (χ1n) is 30.4. The molecular weight excluding hydrogens is 888 g/mol. The Morgan fingerprint density at radius 1 is 0.486 bits per heavy atom. The molecule has 0 rings (SSSR count). The highest BCUT2D eigenvalue weighted by Crippen LogP contribution is 2.38. The molecule has 0 aliphatic rings.